The first-order valence-electron chi connectivity index (χ1n) is 8.10. The molecule has 0 unspecified atom stereocenters. The summed E-state index contributed by atoms with van der Waals surface area (Å²) in [5.41, 5.74) is 1.71. The maximum atomic E-state index is 12.0. The molecular weight excluding hydrogens is 340 g/mol. The monoisotopic (exact) mass is 360 g/mol. The number of nitrogens with one attached hydrogen (secondary N) is 2. The van der Waals surface area contributed by atoms with Crippen molar-refractivity contribution in [3.8, 4) is 5.75 Å². The smallest absolute Gasteiger partial charge is 0.257 e. The van der Waals surface area contributed by atoms with Gasteiger partial charge in [0.1, 0.15) is 5.75 Å². The van der Waals surface area contributed by atoms with E-state index in [9.17, 15) is 9.59 Å². The maximum Gasteiger partial charge on any atom is 0.257 e. The summed E-state index contributed by atoms with van der Waals surface area (Å²) in [6.45, 7) is 2.39. The number of hydrogen-bond acceptors (Lipinski definition) is 3. The van der Waals surface area contributed by atoms with Gasteiger partial charge in [0.15, 0.2) is 6.61 Å². The van der Waals surface area contributed by atoms with E-state index in [4.69, 9.17) is 16.3 Å². The Hall–Kier alpha value is -2.53. The zero-order valence-electron chi connectivity index (χ0n) is 14.0. The van der Waals surface area contributed by atoms with Crippen molar-refractivity contribution < 1.29 is 14.3 Å². The zero-order valence-corrected chi connectivity index (χ0v) is 14.8. The van der Waals surface area contributed by atoms with Crippen LogP contribution in [-0.2, 0) is 16.0 Å². The van der Waals surface area contributed by atoms with Gasteiger partial charge >= 0.3 is 0 Å². The van der Waals surface area contributed by atoms with Crippen LogP contribution in [0.15, 0.2) is 48.5 Å². The van der Waals surface area contributed by atoms with Crippen molar-refractivity contribution in [3.63, 3.8) is 0 Å². The summed E-state index contributed by atoms with van der Waals surface area (Å²) in [5, 5.41) is 6.16. The first-order valence-corrected chi connectivity index (χ1v) is 8.48. The fourth-order valence-corrected chi connectivity index (χ4v) is 2.42. The number of ether oxygens (including phenoxy) is 1. The average molecular weight is 361 g/mol. The molecule has 2 N–H and O–H groups in total. The molecule has 0 aliphatic heterocycles. The number of anilines is 1. The van der Waals surface area contributed by atoms with E-state index in [0.717, 1.165) is 5.56 Å². The van der Waals surface area contributed by atoms with Gasteiger partial charge < -0.3 is 15.4 Å². The number of aryl methyl sites for hydroxylation is 1. The molecule has 0 aliphatic rings. The van der Waals surface area contributed by atoms with Gasteiger partial charge in [-0.15, -0.1) is 0 Å². The molecule has 0 radical (unpaired) electrons. The number of carbonyl (C=O) groups is 2. The van der Waals surface area contributed by atoms with Gasteiger partial charge in [0.05, 0.1) is 0 Å². The fraction of sp³-hybridized carbons (Fsp3) is 0.263. The lowest BCUT2D eigenvalue weighted by atomic mass is 10.1. The largest absolute Gasteiger partial charge is 0.484 e. The Morgan fingerprint density at radius 2 is 1.84 bits per heavy atom. The topological polar surface area (TPSA) is 67.4 Å². The Bertz CT molecular complexity index is 717. The second-order valence-electron chi connectivity index (χ2n) is 5.44. The number of amides is 2. The first-order chi connectivity index (χ1) is 12.1. The molecule has 0 fully saturated rings. The van der Waals surface area contributed by atoms with Gasteiger partial charge in [-0.05, 0) is 55.3 Å². The molecule has 2 aromatic rings. The van der Waals surface area contributed by atoms with E-state index < -0.39 is 0 Å². The number of halogens is 1. The summed E-state index contributed by atoms with van der Waals surface area (Å²) in [5.74, 6) is 0.333. The predicted octanol–water partition coefficient (Wildman–Crippen LogP) is 3.43. The summed E-state index contributed by atoms with van der Waals surface area (Å²) < 4.78 is 5.36. The van der Waals surface area contributed by atoms with Crippen LogP contribution < -0.4 is 15.4 Å². The van der Waals surface area contributed by atoms with Crippen molar-refractivity contribution in [3.05, 3.63) is 59.1 Å². The highest BCUT2D eigenvalue weighted by Gasteiger charge is 2.05. The standard InChI is InChI=1S/C19H21ClN2O3/c1-2-21-19(24)13-25-17-9-7-16(8-10-17)22-18(23)11-6-14-4-3-5-15(20)12-14/h3-5,7-10,12H,2,6,11,13H2,1H3,(H,21,24)(H,22,23). The van der Waals surface area contributed by atoms with Crippen LogP contribution in [0.4, 0.5) is 5.69 Å². The van der Waals surface area contributed by atoms with E-state index in [1.807, 2.05) is 25.1 Å². The Morgan fingerprint density at radius 1 is 1.08 bits per heavy atom. The molecule has 0 saturated carbocycles. The summed E-state index contributed by atoms with van der Waals surface area (Å²) in [7, 11) is 0. The van der Waals surface area contributed by atoms with Gasteiger partial charge in [-0.3, -0.25) is 9.59 Å². The molecule has 2 rings (SSSR count). The maximum absolute atomic E-state index is 12.0. The summed E-state index contributed by atoms with van der Waals surface area (Å²) in [6.07, 6.45) is 0.996. The van der Waals surface area contributed by atoms with Crippen molar-refractivity contribution in [2.24, 2.45) is 0 Å². The lowest BCUT2D eigenvalue weighted by molar-refractivity contribution is -0.123. The van der Waals surface area contributed by atoms with Crippen molar-refractivity contribution in [2.75, 3.05) is 18.5 Å². The normalized spacial score (nSPS) is 10.2. The Kier molecular flexibility index (Phi) is 7.29. The molecule has 2 amide bonds. The summed E-state index contributed by atoms with van der Waals surface area (Å²) in [4.78, 5) is 23.4. The SMILES string of the molecule is CCNC(=O)COc1ccc(NC(=O)CCc2cccc(Cl)c2)cc1. The van der Waals surface area contributed by atoms with Gasteiger partial charge in [0.25, 0.3) is 5.91 Å². The Labute approximate surface area is 152 Å². The van der Waals surface area contributed by atoms with E-state index in [0.29, 0.717) is 35.8 Å². The van der Waals surface area contributed by atoms with E-state index in [1.54, 1.807) is 30.3 Å². The van der Waals surface area contributed by atoms with Crippen LogP contribution >= 0.6 is 11.6 Å². The predicted molar refractivity (Wildman–Crippen MR) is 99.0 cm³/mol. The summed E-state index contributed by atoms with van der Waals surface area (Å²) >= 11 is 5.93. The van der Waals surface area contributed by atoms with Crippen LogP contribution in [0.3, 0.4) is 0 Å². The van der Waals surface area contributed by atoms with E-state index in [1.165, 1.54) is 0 Å². The van der Waals surface area contributed by atoms with Crippen LogP contribution in [0.25, 0.3) is 0 Å². The molecule has 2 aromatic carbocycles. The molecule has 5 nitrogen and oxygen atoms in total. The number of rotatable bonds is 8. The van der Waals surface area contributed by atoms with E-state index >= 15 is 0 Å². The Balaban J connectivity index is 1.78. The van der Waals surface area contributed by atoms with E-state index in [2.05, 4.69) is 10.6 Å². The van der Waals surface area contributed by atoms with Crippen LogP contribution in [0.1, 0.15) is 18.9 Å². The minimum Gasteiger partial charge on any atom is -0.484 e. The van der Waals surface area contributed by atoms with Crippen molar-refractivity contribution in [1.29, 1.82) is 0 Å². The molecule has 6 heteroatoms. The van der Waals surface area contributed by atoms with Crippen LogP contribution in [0.2, 0.25) is 5.02 Å². The lowest BCUT2D eigenvalue weighted by Crippen LogP contribution is -2.28. The van der Waals surface area contributed by atoms with Gasteiger partial charge in [0.2, 0.25) is 5.91 Å². The molecule has 0 aromatic heterocycles. The second kappa shape index (κ2) is 9.69. The minimum atomic E-state index is -0.166. The molecule has 132 valence electrons. The third kappa shape index (κ3) is 6.85. The van der Waals surface area contributed by atoms with Crippen LogP contribution in [-0.4, -0.2) is 25.0 Å². The van der Waals surface area contributed by atoms with Crippen molar-refractivity contribution >= 4 is 29.1 Å². The quantitative estimate of drug-likeness (QED) is 0.757. The molecule has 0 atom stereocenters. The average Bonchev–Trinajstić information content (AvgIpc) is 2.60. The first kappa shape index (κ1) is 18.8. The molecular formula is C19H21ClN2O3. The molecule has 0 saturated heterocycles. The molecule has 0 aliphatic carbocycles. The number of likely N-dealkylation sites (N-methyl/N-ethyl adjacent to an activating group) is 1. The number of benzene rings is 2. The molecule has 0 bridgehead atoms. The molecule has 0 heterocycles. The van der Waals surface area contributed by atoms with Gasteiger partial charge in [-0.2, -0.15) is 0 Å². The van der Waals surface area contributed by atoms with Gasteiger partial charge in [-0.25, -0.2) is 0 Å². The van der Waals surface area contributed by atoms with Gasteiger partial charge in [0, 0.05) is 23.7 Å². The van der Waals surface area contributed by atoms with Crippen LogP contribution in [0.5, 0.6) is 5.75 Å². The minimum absolute atomic E-state index is 0.0286. The number of hydrogen-bond donors (Lipinski definition) is 2. The lowest BCUT2D eigenvalue weighted by Gasteiger charge is -2.08. The highest BCUT2D eigenvalue weighted by Crippen LogP contribution is 2.16. The zero-order chi connectivity index (χ0) is 18.1. The third-order valence-electron chi connectivity index (χ3n) is 3.41. The van der Waals surface area contributed by atoms with Crippen molar-refractivity contribution in [2.45, 2.75) is 19.8 Å². The van der Waals surface area contributed by atoms with Crippen LogP contribution in [0, 0.1) is 0 Å². The third-order valence-corrected chi connectivity index (χ3v) is 3.65. The van der Waals surface area contributed by atoms with Gasteiger partial charge in [-0.1, -0.05) is 23.7 Å². The van der Waals surface area contributed by atoms with E-state index in [-0.39, 0.29) is 18.4 Å². The summed E-state index contributed by atoms with van der Waals surface area (Å²) in [6, 6.07) is 14.4. The molecule has 25 heavy (non-hydrogen) atoms. The Morgan fingerprint density at radius 3 is 2.52 bits per heavy atom. The highest BCUT2D eigenvalue weighted by molar-refractivity contribution is 6.30. The van der Waals surface area contributed by atoms with Crippen molar-refractivity contribution in [1.82, 2.24) is 5.32 Å². The highest BCUT2D eigenvalue weighted by atomic mass is 35.5. The fourth-order valence-electron chi connectivity index (χ4n) is 2.21. The second-order valence-corrected chi connectivity index (χ2v) is 5.88. The number of carbonyl (C=O) groups excluding carboxylic acids is 2. The molecule has 0 spiro atoms.